The van der Waals surface area contributed by atoms with E-state index < -0.39 is 0 Å². The molecule has 0 bridgehead atoms. The van der Waals surface area contributed by atoms with Crippen LogP contribution in [0.15, 0.2) is 0 Å². The van der Waals surface area contributed by atoms with Gasteiger partial charge in [-0.3, -0.25) is 4.79 Å². The minimum Gasteiger partial charge on any atom is -0.391 e. The summed E-state index contributed by atoms with van der Waals surface area (Å²) in [5.41, 5.74) is 0.293. The average Bonchev–Trinajstić information content (AvgIpc) is 2.63. The Bertz CT molecular complexity index is 425. The second-order valence-electron chi connectivity index (χ2n) is 3.81. The maximum Gasteiger partial charge on any atom is 0.156 e. The van der Waals surface area contributed by atoms with Crippen LogP contribution in [0.2, 0.25) is 5.15 Å². The molecule has 1 fully saturated rings. The highest BCUT2D eigenvalue weighted by Crippen LogP contribution is 2.25. The number of carbonyl (C=O) groups is 1. The van der Waals surface area contributed by atoms with Crippen molar-refractivity contribution in [2.45, 2.75) is 19.4 Å². The molecule has 1 atom stereocenters. The fourth-order valence-electron chi connectivity index (χ4n) is 1.81. The van der Waals surface area contributed by atoms with Crippen molar-refractivity contribution in [3.63, 3.8) is 0 Å². The quantitative estimate of drug-likeness (QED) is 0.614. The van der Waals surface area contributed by atoms with Gasteiger partial charge in [0, 0.05) is 13.1 Å². The maximum atomic E-state index is 10.9. The first-order chi connectivity index (χ1) is 7.61. The van der Waals surface area contributed by atoms with Crippen LogP contribution in [0.5, 0.6) is 0 Å². The number of nitrogens with zero attached hydrogens (tertiary/aromatic N) is 3. The summed E-state index contributed by atoms with van der Waals surface area (Å²) in [6.45, 7) is 2.87. The van der Waals surface area contributed by atoms with E-state index in [0.29, 0.717) is 43.0 Å². The Morgan fingerprint density at radius 2 is 2.31 bits per heavy atom. The van der Waals surface area contributed by atoms with E-state index in [4.69, 9.17) is 11.6 Å². The number of aromatic nitrogens is 2. The van der Waals surface area contributed by atoms with Gasteiger partial charge >= 0.3 is 0 Å². The zero-order chi connectivity index (χ0) is 11.7. The Hall–Kier alpha value is -1.20. The zero-order valence-corrected chi connectivity index (χ0v) is 9.61. The van der Waals surface area contributed by atoms with Crippen molar-refractivity contribution >= 4 is 23.7 Å². The number of rotatable bonds is 2. The largest absolute Gasteiger partial charge is 0.391 e. The molecule has 1 aliphatic rings. The van der Waals surface area contributed by atoms with Gasteiger partial charge in [0.25, 0.3) is 0 Å². The molecule has 0 spiro atoms. The third kappa shape index (κ3) is 2.01. The average molecular weight is 242 g/mol. The maximum absolute atomic E-state index is 10.9. The number of aldehydes is 1. The predicted octanol–water partition coefficient (Wildman–Crippen LogP) is 0.822. The highest BCUT2D eigenvalue weighted by atomic mass is 35.5. The van der Waals surface area contributed by atoms with Gasteiger partial charge in [-0.2, -0.15) is 0 Å². The van der Waals surface area contributed by atoms with Crippen molar-refractivity contribution < 1.29 is 9.90 Å². The zero-order valence-electron chi connectivity index (χ0n) is 8.85. The first kappa shape index (κ1) is 11.3. The number of halogens is 1. The van der Waals surface area contributed by atoms with E-state index in [1.807, 2.05) is 4.90 Å². The second-order valence-corrected chi connectivity index (χ2v) is 4.16. The number of hydrogen-bond donors (Lipinski definition) is 1. The van der Waals surface area contributed by atoms with Gasteiger partial charge in [0.15, 0.2) is 6.29 Å². The second kappa shape index (κ2) is 4.35. The Balaban J connectivity index is 2.42. The lowest BCUT2D eigenvalue weighted by Gasteiger charge is -2.18. The normalized spacial score (nSPS) is 20.2. The van der Waals surface area contributed by atoms with Crippen LogP contribution in [0.4, 0.5) is 5.82 Å². The van der Waals surface area contributed by atoms with E-state index >= 15 is 0 Å². The molecular formula is C10H12ClN3O2. The van der Waals surface area contributed by atoms with Crippen molar-refractivity contribution in [3.8, 4) is 0 Å². The fraction of sp³-hybridized carbons (Fsp3) is 0.500. The van der Waals surface area contributed by atoms with Gasteiger partial charge in [-0.25, -0.2) is 9.97 Å². The molecule has 1 saturated heterocycles. The van der Waals surface area contributed by atoms with Crippen molar-refractivity contribution in [3.05, 3.63) is 16.5 Å². The Kier molecular flexibility index (Phi) is 3.07. The number of carbonyl (C=O) groups excluding carboxylic acids is 1. The number of aliphatic hydroxyl groups is 1. The molecule has 1 aromatic rings. The molecule has 6 heteroatoms. The molecule has 0 aromatic carbocycles. The molecule has 1 N–H and O–H groups in total. The molecule has 1 unspecified atom stereocenters. The lowest BCUT2D eigenvalue weighted by molar-refractivity contribution is 0.112. The minimum atomic E-state index is -0.367. The summed E-state index contributed by atoms with van der Waals surface area (Å²) in [6.07, 6.45) is 0.967. The number of aryl methyl sites for hydroxylation is 1. The lowest BCUT2D eigenvalue weighted by atomic mass is 10.3. The molecule has 1 aromatic heterocycles. The van der Waals surface area contributed by atoms with Gasteiger partial charge in [-0.15, -0.1) is 0 Å². The molecule has 0 amide bonds. The topological polar surface area (TPSA) is 66.3 Å². The van der Waals surface area contributed by atoms with E-state index in [1.165, 1.54) is 0 Å². The van der Waals surface area contributed by atoms with Gasteiger partial charge in [-0.05, 0) is 13.3 Å². The smallest absolute Gasteiger partial charge is 0.156 e. The molecular weight excluding hydrogens is 230 g/mol. The Morgan fingerprint density at radius 3 is 2.88 bits per heavy atom. The van der Waals surface area contributed by atoms with Crippen LogP contribution in [0.3, 0.4) is 0 Å². The van der Waals surface area contributed by atoms with Crippen LogP contribution in [0, 0.1) is 6.92 Å². The molecule has 2 heterocycles. The van der Waals surface area contributed by atoms with E-state index in [0.717, 1.165) is 0 Å². The van der Waals surface area contributed by atoms with Crippen molar-refractivity contribution in [2.75, 3.05) is 18.0 Å². The fourth-order valence-corrected chi connectivity index (χ4v) is 2.06. The monoisotopic (exact) mass is 241 g/mol. The molecule has 1 aliphatic heterocycles. The summed E-state index contributed by atoms with van der Waals surface area (Å²) < 4.78 is 0. The minimum absolute atomic E-state index is 0.166. The summed E-state index contributed by atoms with van der Waals surface area (Å²) >= 11 is 5.88. The summed E-state index contributed by atoms with van der Waals surface area (Å²) in [6, 6.07) is 0. The molecule has 0 saturated carbocycles. The first-order valence-electron chi connectivity index (χ1n) is 5.04. The molecule has 86 valence electrons. The first-order valence-corrected chi connectivity index (χ1v) is 5.42. The van der Waals surface area contributed by atoms with E-state index in [9.17, 15) is 9.90 Å². The van der Waals surface area contributed by atoms with Crippen LogP contribution >= 0.6 is 11.6 Å². The molecule has 16 heavy (non-hydrogen) atoms. The number of anilines is 1. The molecule has 2 rings (SSSR count). The third-order valence-electron chi connectivity index (χ3n) is 2.57. The number of hydrogen-bond acceptors (Lipinski definition) is 5. The number of β-amino-alcohol motifs (C(OH)–C–C–N with tert-alkyl or cyclic N) is 1. The predicted molar refractivity (Wildman–Crippen MR) is 60.0 cm³/mol. The van der Waals surface area contributed by atoms with E-state index in [-0.39, 0.29) is 11.3 Å². The van der Waals surface area contributed by atoms with Crippen LogP contribution in [-0.4, -0.2) is 40.6 Å². The van der Waals surface area contributed by atoms with Crippen molar-refractivity contribution in [2.24, 2.45) is 0 Å². The Morgan fingerprint density at radius 1 is 1.56 bits per heavy atom. The SMILES string of the molecule is Cc1nc(Cl)c(C=O)c(N2CCC(O)C2)n1. The van der Waals surface area contributed by atoms with E-state index in [2.05, 4.69) is 9.97 Å². The van der Waals surface area contributed by atoms with Gasteiger partial charge in [0.1, 0.15) is 16.8 Å². The summed E-state index contributed by atoms with van der Waals surface area (Å²) in [7, 11) is 0. The summed E-state index contributed by atoms with van der Waals surface area (Å²) in [5.74, 6) is 1.04. The van der Waals surface area contributed by atoms with Gasteiger partial charge in [0.05, 0.1) is 11.7 Å². The van der Waals surface area contributed by atoms with E-state index in [1.54, 1.807) is 6.92 Å². The third-order valence-corrected chi connectivity index (χ3v) is 2.86. The van der Waals surface area contributed by atoms with Crippen molar-refractivity contribution in [1.29, 1.82) is 0 Å². The standard InChI is InChI=1S/C10H12ClN3O2/c1-6-12-9(11)8(5-15)10(13-6)14-3-2-7(16)4-14/h5,7,16H,2-4H2,1H3. The molecule has 5 nitrogen and oxygen atoms in total. The summed E-state index contributed by atoms with van der Waals surface area (Å²) in [4.78, 5) is 20.9. The molecule has 0 aliphatic carbocycles. The molecule has 0 radical (unpaired) electrons. The van der Waals surface area contributed by atoms with Crippen molar-refractivity contribution in [1.82, 2.24) is 9.97 Å². The van der Waals surface area contributed by atoms with Gasteiger partial charge in [-0.1, -0.05) is 11.6 Å². The highest BCUT2D eigenvalue weighted by Gasteiger charge is 2.25. The van der Waals surface area contributed by atoms with Gasteiger partial charge in [0.2, 0.25) is 0 Å². The Labute approximate surface area is 98.1 Å². The van der Waals surface area contributed by atoms with Crippen LogP contribution < -0.4 is 4.90 Å². The lowest BCUT2D eigenvalue weighted by Crippen LogP contribution is -2.24. The number of aliphatic hydroxyl groups excluding tert-OH is 1. The van der Waals surface area contributed by atoms with Crippen LogP contribution in [0.1, 0.15) is 22.6 Å². The van der Waals surface area contributed by atoms with Gasteiger partial charge < -0.3 is 10.0 Å². The highest BCUT2D eigenvalue weighted by molar-refractivity contribution is 6.32. The van der Waals surface area contributed by atoms with Crippen LogP contribution in [-0.2, 0) is 0 Å². The van der Waals surface area contributed by atoms with Crippen LogP contribution in [0.25, 0.3) is 0 Å². The summed E-state index contributed by atoms with van der Waals surface area (Å²) in [5, 5.41) is 9.62.